The quantitative estimate of drug-likeness (QED) is 0.536. The van der Waals surface area contributed by atoms with Gasteiger partial charge in [0.25, 0.3) is 0 Å². The van der Waals surface area contributed by atoms with Crippen LogP contribution >= 0.6 is 0 Å². The van der Waals surface area contributed by atoms with Crippen molar-refractivity contribution in [1.29, 1.82) is 0 Å². The van der Waals surface area contributed by atoms with Crippen LogP contribution in [0.15, 0.2) is 97.1 Å². The highest BCUT2D eigenvalue weighted by Gasteiger charge is 2.48. The lowest BCUT2D eigenvalue weighted by Gasteiger charge is -2.33. The molecule has 0 aliphatic heterocycles. The molecule has 0 heterocycles. The Hall–Kier alpha value is -2.90. The zero-order chi connectivity index (χ0) is 16.9. The first kappa shape index (κ1) is 14.4. The number of aliphatic hydroxyl groups is 1. The van der Waals surface area contributed by atoms with Crippen LogP contribution in [0.1, 0.15) is 28.2 Å². The SMILES string of the molecule is O[C@@]1(c2ccccc2)c2cccc3cccc(c23)[C@@H]1c1ccccc1. The lowest BCUT2D eigenvalue weighted by molar-refractivity contribution is 0.0700. The minimum absolute atomic E-state index is 0.114. The highest BCUT2D eigenvalue weighted by Crippen LogP contribution is 2.55. The molecule has 0 saturated heterocycles. The molecule has 2 atom stereocenters. The van der Waals surface area contributed by atoms with Crippen LogP contribution in [0, 0.1) is 0 Å². The topological polar surface area (TPSA) is 20.2 Å². The van der Waals surface area contributed by atoms with Crippen molar-refractivity contribution in [3.63, 3.8) is 0 Å². The van der Waals surface area contributed by atoms with Crippen molar-refractivity contribution in [3.8, 4) is 0 Å². The maximum absolute atomic E-state index is 12.1. The molecule has 0 aromatic heterocycles. The summed E-state index contributed by atoms with van der Waals surface area (Å²) in [6, 6.07) is 33.0. The first-order valence-corrected chi connectivity index (χ1v) is 8.65. The summed E-state index contributed by atoms with van der Waals surface area (Å²) in [4.78, 5) is 0. The number of benzene rings is 4. The van der Waals surface area contributed by atoms with Gasteiger partial charge < -0.3 is 5.11 Å². The van der Waals surface area contributed by atoms with Gasteiger partial charge in [0.2, 0.25) is 0 Å². The Morgan fingerprint density at radius 1 is 0.640 bits per heavy atom. The van der Waals surface area contributed by atoms with E-state index in [1.165, 1.54) is 16.3 Å². The molecule has 1 N–H and O–H groups in total. The van der Waals surface area contributed by atoms with Crippen molar-refractivity contribution < 1.29 is 5.11 Å². The monoisotopic (exact) mass is 322 g/mol. The molecule has 1 aliphatic rings. The van der Waals surface area contributed by atoms with Crippen LogP contribution in [0.25, 0.3) is 10.8 Å². The minimum Gasteiger partial charge on any atom is -0.379 e. The molecule has 0 saturated carbocycles. The van der Waals surface area contributed by atoms with Gasteiger partial charge in [0.1, 0.15) is 5.60 Å². The Morgan fingerprint density at radius 3 is 2.00 bits per heavy atom. The van der Waals surface area contributed by atoms with Gasteiger partial charge in [-0.1, -0.05) is 97.1 Å². The Morgan fingerprint density at radius 2 is 1.28 bits per heavy atom. The summed E-state index contributed by atoms with van der Waals surface area (Å²) in [5, 5.41) is 14.5. The maximum Gasteiger partial charge on any atom is 0.126 e. The largest absolute Gasteiger partial charge is 0.379 e. The lowest BCUT2D eigenvalue weighted by Crippen LogP contribution is -2.31. The van der Waals surface area contributed by atoms with Crippen LogP contribution in [0.2, 0.25) is 0 Å². The molecule has 1 nitrogen and oxygen atoms in total. The van der Waals surface area contributed by atoms with Crippen LogP contribution < -0.4 is 0 Å². The van der Waals surface area contributed by atoms with E-state index in [4.69, 9.17) is 0 Å². The van der Waals surface area contributed by atoms with Gasteiger partial charge in [0.15, 0.2) is 0 Å². The van der Waals surface area contributed by atoms with Crippen molar-refractivity contribution in [2.24, 2.45) is 0 Å². The van der Waals surface area contributed by atoms with E-state index in [9.17, 15) is 5.11 Å². The molecular formula is C24H18O. The van der Waals surface area contributed by atoms with Gasteiger partial charge in [-0.2, -0.15) is 0 Å². The lowest BCUT2D eigenvalue weighted by atomic mass is 9.76. The molecule has 1 heteroatoms. The van der Waals surface area contributed by atoms with Crippen molar-refractivity contribution in [2.45, 2.75) is 11.5 Å². The Bertz CT molecular complexity index is 1050. The van der Waals surface area contributed by atoms with Crippen LogP contribution in [0.4, 0.5) is 0 Å². The minimum atomic E-state index is -1.06. The second-order valence-electron chi connectivity index (χ2n) is 6.73. The van der Waals surface area contributed by atoms with Crippen molar-refractivity contribution in [3.05, 3.63) is 119 Å². The summed E-state index contributed by atoms with van der Waals surface area (Å²) in [5.41, 5.74) is 3.21. The van der Waals surface area contributed by atoms with E-state index >= 15 is 0 Å². The first-order chi connectivity index (χ1) is 12.3. The fourth-order valence-corrected chi connectivity index (χ4v) is 4.39. The summed E-state index contributed by atoms with van der Waals surface area (Å²) in [7, 11) is 0. The second-order valence-corrected chi connectivity index (χ2v) is 6.73. The summed E-state index contributed by atoms with van der Waals surface area (Å²) in [6.07, 6.45) is 0. The van der Waals surface area contributed by atoms with Crippen molar-refractivity contribution >= 4 is 10.8 Å². The summed E-state index contributed by atoms with van der Waals surface area (Å²) in [6.45, 7) is 0. The first-order valence-electron chi connectivity index (χ1n) is 8.65. The Balaban J connectivity index is 1.89. The highest BCUT2D eigenvalue weighted by atomic mass is 16.3. The van der Waals surface area contributed by atoms with Gasteiger partial charge in [-0.15, -0.1) is 0 Å². The molecule has 1 aliphatic carbocycles. The molecule has 120 valence electrons. The molecule has 0 unspecified atom stereocenters. The van der Waals surface area contributed by atoms with Crippen LogP contribution in [0.5, 0.6) is 0 Å². The summed E-state index contributed by atoms with van der Waals surface area (Å²) in [5.74, 6) is -0.114. The predicted octanol–water partition coefficient (Wildman–Crippen LogP) is 5.22. The maximum atomic E-state index is 12.1. The van der Waals surface area contributed by atoms with Gasteiger partial charge in [-0.3, -0.25) is 0 Å². The summed E-state index contributed by atoms with van der Waals surface area (Å²) >= 11 is 0. The van der Waals surface area contributed by atoms with E-state index in [0.717, 1.165) is 16.7 Å². The van der Waals surface area contributed by atoms with E-state index in [1.54, 1.807) is 0 Å². The molecule has 5 rings (SSSR count). The van der Waals surface area contributed by atoms with Gasteiger partial charge in [0, 0.05) is 5.92 Å². The molecule has 0 spiro atoms. The van der Waals surface area contributed by atoms with Gasteiger partial charge >= 0.3 is 0 Å². The molecule has 0 bridgehead atoms. The second kappa shape index (κ2) is 5.30. The zero-order valence-electron chi connectivity index (χ0n) is 13.8. The average Bonchev–Trinajstić information content (AvgIpc) is 2.95. The van der Waals surface area contributed by atoms with E-state index in [2.05, 4.69) is 42.5 Å². The van der Waals surface area contributed by atoms with Gasteiger partial charge in [-0.05, 0) is 33.0 Å². The molecule has 0 radical (unpaired) electrons. The molecule has 0 amide bonds. The molecule has 4 aromatic carbocycles. The standard InChI is InChI=1S/C24H18O/c25-24(19-13-5-2-6-14-19)21-16-8-12-17-11-7-15-20(22(17)21)23(24)18-9-3-1-4-10-18/h1-16,23,25H/t23-,24-/m0/s1. The van der Waals surface area contributed by atoms with Crippen molar-refractivity contribution in [2.75, 3.05) is 0 Å². The fourth-order valence-electron chi connectivity index (χ4n) is 4.39. The van der Waals surface area contributed by atoms with Crippen LogP contribution in [-0.2, 0) is 5.60 Å². The Labute approximate surface area is 147 Å². The normalized spacial score (nSPS) is 21.6. The highest BCUT2D eigenvalue weighted by molar-refractivity contribution is 5.94. The molecule has 4 aromatic rings. The smallest absolute Gasteiger partial charge is 0.126 e. The third-order valence-electron chi connectivity index (χ3n) is 5.42. The molecule has 0 fully saturated rings. The van der Waals surface area contributed by atoms with Gasteiger partial charge in [0.05, 0.1) is 0 Å². The third kappa shape index (κ3) is 1.93. The average molecular weight is 322 g/mol. The fraction of sp³-hybridized carbons (Fsp3) is 0.0833. The van der Waals surface area contributed by atoms with E-state index in [1.807, 2.05) is 54.6 Å². The molecular weight excluding hydrogens is 304 g/mol. The van der Waals surface area contributed by atoms with E-state index < -0.39 is 5.60 Å². The van der Waals surface area contributed by atoms with E-state index in [-0.39, 0.29) is 5.92 Å². The third-order valence-corrected chi connectivity index (χ3v) is 5.42. The number of rotatable bonds is 2. The predicted molar refractivity (Wildman–Crippen MR) is 102 cm³/mol. The van der Waals surface area contributed by atoms with E-state index in [0.29, 0.717) is 0 Å². The van der Waals surface area contributed by atoms with Crippen LogP contribution in [-0.4, -0.2) is 5.11 Å². The number of hydrogen-bond donors (Lipinski definition) is 1. The van der Waals surface area contributed by atoms with Gasteiger partial charge in [-0.25, -0.2) is 0 Å². The summed E-state index contributed by atoms with van der Waals surface area (Å²) < 4.78 is 0. The Kier molecular flexibility index (Phi) is 3.06. The number of hydrogen-bond acceptors (Lipinski definition) is 1. The van der Waals surface area contributed by atoms with Crippen LogP contribution in [0.3, 0.4) is 0 Å². The van der Waals surface area contributed by atoms with Crippen molar-refractivity contribution in [1.82, 2.24) is 0 Å². The zero-order valence-corrected chi connectivity index (χ0v) is 13.8. The molecule has 25 heavy (non-hydrogen) atoms.